The molecule has 1 rings (SSSR count). The summed E-state index contributed by atoms with van der Waals surface area (Å²) in [6.45, 7) is 4.35. The number of aliphatic hydroxyl groups excluding tert-OH is 1. The van der Waals surface area contributed by atoms with Gasteiger partial charge in [-0.25, -0.2) is 0 Å². The molecule has 6 heteroatoms. The van der Waals surface area contributed by atoms with E-state index in [0.29, 0.717) is 13.0 Å². The SMILES string of the molecule is CC(C)C(O)CCn1cc([N+](=O)[O-])cn1. The molecule has 0 aliphatic carbocycles. The van der Waals surface area contributed by atoms with E-state index in [1.165, 1.54) is 17.1 Å². The molecule has 1 aromatic heterocycles. The summed E-state index contributed by atoms with van der Waals surface area (Å²) in [5.74, 6) is 0.190. The lowest BCUT2D eigenvalue weighted by atomic mass is 10.0. The van der Waals surface area contributed by atoms with Crippen LogP contribution in [0.2, 0.25) is 0 Å². The van der Waals surface area contributed by atoms with Crippen LogP contribution >= 0.6 is 0 Å². The van der Waals surface area contributed by atoms with Gasteiger partial charge in [-0.05, 0) is 12.3 Å². The Morgan fingerprint density at radius 2 is 2.33 bits per heavy atom. The van der Waals surface area contributed by atoms with Gasteiger partial charge in [-0.1, -0.05) is 13.8 Å². The molecule has 0 aliphatic rings. The van der Waals surface area contributed by atoms with Crippen molar-refractivity contribution in [3.63, 3.8) is 0 Å². The Bertz CT molecular complexity index is 335. The third-order valence-corrected chi connectivity index (χ3v) is 2.25. The zero-order valence-corrected chi connectivity index (χ0v) is 8.83. The smallest absolute Gasteiger partial charge is 0.306 e. The van der Waals surface area contributed by atoms with Gasteiger partial charge in [-0.3, -0.25) is 14.8 Å². The molecule has 0 bridgehead atoms. The topological polar surface area (TPSA) is 81.2 Å². The highest BCUT2D eigenvalue weighted by molar-refractivity contribution is 5.20. The van der Waals surface area contributed by atoms with E-state index < -0.39 is 11.0 Å². The van der Waals surface area contributed by atoms with Gasteiger partial charge in [0.25, 0.3) is 0 Å². The van der Waals surface area contributed by atoms with E-state index in [2.05, 4.69) is 5.10 Å². The molecule has 0 fully saturated rings. The van der Waals surface area contributed by atoms with Crippen molar-refractivity contribution in [2.75, 3.05) is 0 Å². The summed E-state index contributed by atoms with van der Waals surface area (Å²) in [6.07, 6.45) is 2.74. The van der Waals surface area contributed by atoms with Crippen molar-refractivity contribution >= 4 is 5.69 Å². The molecule has 0 aromatic carbocycles. The molecular weight excluding hydrogens is 198 g/mol. The van der Waals surface area contributed by atoms with E-state index in [1.54, 1.807) is 0 Å². The summed E-state index contributed by atoms with van der Waals surface area (Å²) >= 11 is 0. The fourth-order valence-electron chi connectivity index (χ4n) is 1.17. The van der Waals surface area contributed by atoms with Crippen LogP contribution in [0, 0.1) is 16.0 Å². The molecule has 1 N–H and O–H groups in total. The van der Waals surface area contributed by atoms with Crippen molar-refractivity contribution in [2.24, 2.45) is 5.92 Å². The van der Waals surface area contributed by atoms with Crippen LogP contribution in [0.4, 0.5) is 5.69 Å². The Labute approximate surface area is 87.7 Å². The lowest BCUT2D eigenvalue weighted by molar-refractivity contribution is -0.385. The first-order valence-electron chi connectivity index (χ1n) is 4.85. The summed E-state index contributed by atoms with van der Waals surface area (Å²) < 4.78 is 1.48. The van der Waals surface area contributed by atoms with Gasteiger partial charge < -0.3 is 5.11 Å². The molecule has 1 unspecified atom stereocenters. The minimum Gasteiger partial charge on any atom is -0.393 e. The fraction of sp³-hybridized carbons (Fsp3) is 0.667. The number of aryl methyl sites for hydroxylation is 1. The molecule has 15 heavy (non-hydrogen) atoms. The van der Waals surface area contributed by atoms with Gasteiger partial charge in [0.1, 0.15) is 12.4 Å². The molecule has 0 saturated heterocycles. The standard InChI is InChI=1S/C9H15N3O3/c1-7(2)9(13)3-4-11-6-8(5-10-11)12(14)15/h5-7,9,13H,3-4H2,1-2H3. The molecule has 1 aromatic rings. The number of rotatable bonds is 5. The van der Waals surface area contributed by atoms with Gasteiger partial charge in [0, 0.05) is 6.54 Å². The monoisotopic (exact) mass is 213 g/mol. The van der Waals surface area contributed by atoms with E-state index >= 15 is 0 Å². The first-order chi connectivity index (χ1) is 7.00. The number of nitro groups is 1. The van der Waals surface area contributed by atoms with Gasteiger partial charge in [0.2, 0.25) is 0 Å². The summed E-state index contributed by atoms with van der Waals surface area (Å²) in [5, 5.41) is 23.7. The highest BCUT2D eigenvalue weighted by Gasteiger charge is 2.12. The number of hydrogen-bond acceptors (Lipinski definition) is 4. The summed E-state index contributed by atoms with van der Waals surface area (Å²) in [6, 6.07) is 0. The van der Waals surface area contributed by atoms with E-state index in [9.17, 15) is 15.2 Å². The van der Waals surface area contributed by atoms with E-state index in [4.69, 9.17) is 0 Å². The van der Waals surface area contributed by atoms with Crippen LogP contribution in [0.1, 0.15) is 20.3 Å². The Hall–Kier alpha value is -1.43. The zero-order chi connectivity index (χ0) is 11.4. The molecule has 0 aliphatic heterocycles. The minimum atomic E-state index is -0.484. The predicted octanol–water partition coefficient (Wildman–Crippen LogP) is 1.20. The first kappa shape index (κ1) is 11.6. The van der Waals surface area contributed by atoms with Crippen molar-refractivity contribution in [3.05, 3.63) is 22.5 Å². The average molecular weight is 213 g/mol. The maximum atomic E-state index is 10.4. The van der Waals surface area contributed by atoms with Crippen LogP contribution in [0.25, 0.3) is 0 Å². The third-order valence-electron chi connectivity index (χ3n) is 2.25. The lowest BCUT2D eigenvalue weighted by Crippen LogP contribution is -2.17. The van der Waals surface area contributed by atoms with Crippen molar-refractivity contribution in [3.8, 4) is 0 Å². The second-order valence-electron chi connectivity index (χ2n) is 3.82. The molecule has 0 saturated carbocycles. The van der Waals surface area contributed by atoms with Crippen molar-refractivity contribution < 1.29 is 10.0 Å². The first-order valence-corrected chi connectivity index (χ1v) is 4.85. The van der Waals surface area contributed by atoms with E-state index in [-0.39, 0.29) is 11.6 Å². The molecule has 84 valence electrons. The molecule has 0 radical (unpaired) electrons. The summed E-state index contributed by atoms with van der Waals surface area (Å²) in [5.41, 5.74) is -0.0194. The van der Waals surface area contributed by atoms with Gasteiger partial charge in [-0.2, -0.15) is 5.10 Å². The van der Waals surface area contributed by atoms with E-state index in [1.807, 2.05) is 13.8 Å². The summed E-state index contributed by atoms with van der Waals surface area (Å²) in [7, 11) is 0. The number of aromatic nitrogens is 2. The van der Waals surface area contributed by atoms with Gasteiger partial charge in [0.15, 0.2) is 0 Å². The molecule has 0 spiro atoms. The van der Waals surface area contributed by atoms with Crippen LogP contribution in [-0.4, -0.2) is 25.9 Å². The highest BCUT2D eigenvalue weighted by atomic mass is 16.6. The normalized spacial score (nSPS) is 13.1. The fourth-order valence-corrected chi connectivity index (χ4v) is 1.17. The average Bonchev–Trinajstić information content (AvgIpc) is 2.62. The van der Waals surface area contributed by atoms with Crippen LogP contribution in [0.5, 0.6) is 0 Å². The second-order valence-corrected chi connectivity index (χ2v) is 3.82. The largest absolute Gasteiger partial charge is 0.393 e. The van der Waals surface area contributed by atoms with Crippen LogP contribution in [-0.2, 0) is 6.54 Å². The van der Waals surface area contributed by atoms with Gasteiger partial charge in [0.05, 0.1) is 11.0 Å². The Balaban J connectivity index is 2.48. The van der Waals surface area contributed by atoms with E-state index in [0.717, 1.165) is 0 Å². The number of nitrogens with zero attached hydrogens (tertiary/aromatic N) is 3. The van der Waals surface area contributed by atoms with Gasteiger partial charge in [-0.15, -0.1) is 0 Å². The molecule has 1 heterocycles. The van der Waals surface area contributed by atoms with Crippen molar-refractivity contribution in [1.82, 2.24) is 9.78 Å². The molecule has 6 nitrogen and oxygen atoms in total. The zero-order valence-electron chi connectivity index (χ0n) is 8.83. The highest BCUT2D eigenvalue weighted by Crippen LogP contribution is 2.10. The van der Waals surface area contributed by atoms with Crippen molar-refractivity contribution in [2.45, 2.75) is 32.9 Å². The minimum absolute atomic E-state index is 0.0194. The molecular formula is C9H15N3O3. The molecule has 1 atom stereocenters. The lowest BCUT2D eigenvalue weighted by Gasteiger charge is -2.13. The quantitative estimate of drug-likeness (QED) is 0.588. The second kappa shape index (κ2) is 4.88. The number of aliphatic hydroxyl groups is 1. The van der Waals surface area contributed by atoms with Crippen LogP contribution < -0.4 is 0 Å². The third kappa shape index (κ3) is 3.32. The number of hydrogen-bond donors (Lipinski definition) is 1. The predicted molar refractivity (Wildman–Crippen MR) is 54.3 cm³/mol. The Morgan fingerprint density at radius 1 is 1.67 bits per heavy atom. The van der Waals surface area contributed by atoms with Crippen LogP contribution in [0.15, 0.2) is 12.4 Å². The maximum Gasteiger partial charge on any atom is 0.306 e. The Kier molecular flexibility index (Phi) is 3.79. The maximum absolute atomic E-state index is 10.4. The summed E-state index contributed by atoms with van der Waals surface area (Å²) in [4.78, 5) is 9.88. The molecule has 0 amide bonds. The van der Waals surface area contributed by atoms with Crippen molar-refractivity contribution in [1.29, 1.82) is 0 Å². The Morgan fingerprint density at radius 3 is 2.80 bits per heavy atom. The van der Waals surface area contributed by atoms with Crippen LogP contribution in [0.3, 0.4) is 0 Å². The van der Waals surface area contributed by atoms with Gasteiger partial charge >= 0.3 is 5.69 Å².